The summed E-state index contributed by atoms with van der Waals surface area (Å²) in [5, 5.41) is 3.53. The van der Waals surface area contributed by atoms with Gasteiger partial charge in [0, 0.05) is 19.1 Å². The third kappa shape index (κ3) is 2.52. The highest BCUT2D eigenvalue weighted by Crippen LogP contribution is 2.28. The van der Waals surface area contributed by atoms with E-state index in [1.165, 1.54) is 12.8 Å². The molecule has 1 aromatic rings. The summed E-state index contributed by atoms with van der Waals surface area (Å²) in [6, 6.07) is 8.03. The maximum atomic E-state index is 12.7. The van der Waals surface area contributed by atoms with Crippen LogP contribution in [0.15, 0.2) is 24.3 Å². The van der Waals surface area contributed by atoms with Crippen LogP contribution in [0.3, 0.4) is 0 Å². The summed E-state index contributed by atoms with van der Waals surface area (Å²) in [5.41, 5.74) is 0.688. The quantitative estimate of drug-likeness (QED) is 0.915. The Bertz CT molecular complexity index is 475. The van der Waals surface area contributed by atoms with Crippen LogP contribution >= 0.6 is 0 Å². The minimum Gasteiger partial charge on any atom is -0.493 e. The number of fused-ring (bicyclic) bond motifs is 1. The van der Waals surface area contributed by atoms with Crippen LogP contribution in [0, 0.1) is 5.92 Å². The number of hydrogen-bond donors (Lipinski definition) is 1. The maximum absolute atomic E-state index is 12.7. The number of benzene rings is 1. The topological polar surface area (TPSA) is 41.6 Å². The van der Waals surface area contributed by atoms with Gasteiger partial charge < -0.3 is 15.0 Å². The van der Waals surface area contributed by atoms with Crippen molar-refractivity contribution in [2.45, 2.75) is 25.8 Å². The number of nitrogens with zero attached hydrogens (tertiary/aromatic N) is 1. The van der Waals surface area contributed by atoms with Crippen LogP contribution in [0.5, 0.6) is 5.75 Å². The fraction of sp³-hybridized carbons (Fsp3) is 0.562. The van der Waals surface area contributed by atoms with Crippen LogP contribution in [0.25, 0.3) is 0 Å². The van der Waals surface area contributed by atoms with Crippen LogP contribution in [0.4, 0.5) is 0 Å². The molecule has 108 valence electrons. The Morgan fingerprint density at radius 2 is 2.25 bits per heavy atom. The highest BCUT2D eigenvalue weighted by molar-refractivity contribution is 5.97. The molecule has 0 radical (unpaired) electrons. The number of rotatable bonds is 3. The van der Waals surface area contributed by atoms with Crippen molar-refractivity contribution in [3.05, 3.63) is 29.8 Å². The minimum atomic E-state index is 0.102. The lowest BCUT2D eigenvalue weighted by Gasteiger charge is -2.24. The molecule has 0 bridgehead atoms. The average molecular weight is 274 g/mol. The Balaban J connectivity index is 1.76. The molecule has 2 heterocycles. The highest BCUT2D eigenvalue weighted by atomic mass is 16.5. The second-order valence-electron chi connectivity index (χ2n) is 5.60. The molecule has 0 spiro atoms. The van der Waals surface area contributed by atoms with Gasteiger partial charge in [0.15, 0.2) is 0 Å². The molecule has 4 nitrogen and oxygen atoms in total. The monoisotopic (exact) mass is 274 g/mol. The first-order valence-electron chi connectivity index (χ1n) is 7.54. The van der Waals surface area contributed by atoms with Gasteiger partial charge in [-0.3, -0.25) is 4.79 Å². The van der Waals surface area contributed by atoms with Crippen LogP contribution in [-0.2, 0) is 0 Å². The number of ether oxygens (including phenoxy) is 1. The fourth-order valence-corrected chi connectivity index (χ4v) is 3.31. The summed E-state index contributed by atoms with van der Waals surface area (Å²) in [7, 11) is 0. The number of hydrogen-bond acceptors (Lipinski definition) is 3. The zero-order chi connectivity index (χ0) is 13.9. The molecule has 3 rings (SSSR count). The van der Waals surface area contributed by atoms with E-state index < -0.39 is 0 Å². The molecular formula is C16H22N2O2. The van der Waals surface area contributed by atoms with Gasteiger partial charge in [-0.25, -0.2) is 0 Å². The van der Waals surface area contributed by atoms with Crippen molar-refractivity contribution in [3.63, 3.8) is 0 Å². The standard InChI is InChI=1S/C16H22N2O2/c1-2-20-15-8-4-3-7-13(15)16(19)18-10-12-6-5-9-17-14(12)11-18/h3-4,7-8,12,14,17H,2,5-6,9-11H2,1H3. The van der Waals surface area contributed by atoms with Gasteiger partial charge in [-0.2, -0.15) is 0 Å². The maximum Gasteiger partial charge on any atom is 0.257 e. The molecule has 1 aromatic carbocycles. The number of piperidine rings is 1. The van der Waals surface area contributed by atoms with E-state index in [1.54, 1.807) is 0 Å². The highest BCUT2D eigenvalue weighted by Gasteiger charge is 2.37. The number of likely N-dealkylation sites (tertiary alicyclic amines) is 1. The van der Waals surface area contributed by atoms with Gasteiger partial charge in [-0.15, -0.1) is 0 Å². The number of carbonyl (C=O) groups excluding carboxylic acids is 1. The van der Waals surface area contributed by atoms with Crippen molar-refractivity contribution in [1.82, 2.24) is 10.2 Å². The molecule has 2 aliphatic rings. The first kappa shape index (κ1) is 13.4. The zero-order valence-corrected chi connectivity index (χ0v) is 12.0. The lowest BCUT2D eigenvalue weighted by atomic mass is 9.94. The molecule has 2 aliphatic heterocycles. The summed E-state index contributed by atoms with van der Waals surface area (Å²) in [6.07, 6.45) is 2.45. The van der Waals surface area contributed by atoms with Crippen LogP contribution < -0.4 is 10.1 Å². The number of para-hydroxylation sites is 1. The minimum absolute atomic E-state index is 0.102. The lowest BCUT2D eigenvalue weighted by molar-refractivity contribution is 0.0781. The van der Waals surface area contributed by atoms with E-state index in [-0.39, 0.29) is 5.91 Å². The van der Waals surface area contributed by atoms with E-state index in [1.807, 2.05) is 36.1 Å². The fourth-order valence-electron chi connectivity index (χ4n) is 3.31. The van der Waals surface area contributed by atoms with Crippen molar-refractivity contribution in [1.29, 1.82) is 0 Å². The van der Waals surface area contributed by atoms with Gasteiger partial charge in [0.05, 0.1) is 12.2 Å². The first-order valence-corrected chi connectivity index (χ1v) is 7.54. The molecule has 2 saturated heterocycles. The van der Waals surface area contributed by atoms with Gasteiger partial charge in [-0.05, 0) is 44.4 Å². The normalized spacial score (nSPS) is 25.4. The lowest BCUT2D eigenvalue weighted by Crippen LogP contribution is -2.41. The Morgan fingerprint density at radius 3 is 3.05 bits per heavy atom. The SMILES string of the molecule is CCOc1ccccc1C(=O)N1CC2CCCNC2C1. The van der Waals surface area contributed by atoms with Gasteiger partial charge in [0.2, 0.25) is 0 Å². The van der Waals surface area contributed by atoms with Crippen molar-refractivity contribution in [2.24, 2.45) is 5.92 Å². The third-order valence-electron chi connectivity index (χ3n) is 4.30. The van der Waals surface area contributed by atoms with Gasteiger partial charge in [0.25, 0.3) is 5.91 Å². The van der Waals surface area contributed by atoms with Gasteiger partial charge in [0.1, 0.15) is 5.75 Å². The van der Waals surface area contributed by atoms with E-state index in [2.05, 4.69) is 5.32 Å². The van der Waals surface area contributed by atoms with Crippen molar-refractivity contribution < 1.29 is 9.53 Å². The molecule has 2 unspecified atom stereocenters. The second kappa shape index (κ2) is 5.83. The molecule has 2 atom stereocenters. The van der Waals surface area contributed by atoms with Crippen LogP contribution in [0.2, 0.25) is 0 Å². The predicted molar refractivity (Wildman–Crippen MR) is 78.0 cm³/mol. The molecule has 2 fully saturated rings. The van der Waals surface area contributed by atoms with Crippen molar-refractivity contribution >= 4 is 5.91 Å². The first-order chi connectivity index (χ1) is 9.79. The summed E-state index contributed by atoms with van der Waals surface area (Å²) >= 11 is 0. The van der Waals surface area contributed by atoms with Crippen LogP contribution in [0.1, 0.15) is 30.1 Å². The second-order valence-corrected chi connectivity index (χ2v) is 5.60. The van der Waals surface area contributed by atoms with Crippen LogP contribution in [-0.4, -0.2) is 43.1 Å². The average Bonchev–Trinajstić information content (AvgIpc) is 2.91. The molecule has 0 aliphatic carbocycles. The zero-order valence-electron chi connectivity index (χ0n) is 12.0. The Kier molecular flexibility index (Phi) is 3.92. The summed E-state index contributed by atoms with van der Waals surface area (Å²) in [6.45, 7) is 5.30. The predicted octanol–water partition coefficient (Wildman–Crippen LogP) is 1.91. The third-order valence-corrected chi connectivity index (χ3v) is 4.30. The van der Waals surface area contributed by atoms with E-state index in [4.69, 9.17) is 4.74 Å². The summed E-state index contributed by atoms with van der Waals surface area (Å²) in [4.78, 5) is 14.7. The van der Waals surface area contributed by atoms with E-state index in [0.717, 1.165) is 19.6 Å². The number of carbonyl (C=O) groups is 1. The Morgan fingerprint density at radius 1 is 1.40 bits per heavy atom. The number of nitrogens with one attached hydrogen (secondary N) is 1. The molecule has 1 N–H and O–H groups in total. The van der Waals surface area contributed by atoms with E-state index in [0.29, 0.717) is 29.9 Å². The molecule has 4 heteroatoms. The Labute approximate surface area is 120 Å². The number of amides is 1. The molecule has 0 saturated carbocycles. The van der Waals surface area contributed by atoms with Crippen molar-refractivity contribution in [3.8, 4) is 5.75 Å². The van der Waals surface area contributed by atoms with Crippen molar-refractivity contribution in [2.75, 3.05) is 26.2 Å². The molecule has 1 amide bonds. The molecular weight excluding hydrogens is 252 g/mol. The van der Waals surface area contributed by atoms with E-state index in [9.17, 15) is 4.79 Å². The smallest absolute Gasteiger partial charge is 0.257 e. The largest absolute Gasteiger partial charge is 0.493 e. The molecule has 20 heavy (non-hydrogen) atoms. The van der Waals surface area contributed by atoms with E-state index >= 15 is 0 Å². The van der Waals surface area contributed by atoms with Gasteiger partial charge in [-0.1, -0.05) is 12.1 Å². The summed E-state index contributed by atoms with van der Waals surface area (Å²) in [5.74, 6) is 1.42. The summed E-state index contributed by atoms with van der Waals surface area (Å²) < 4.78 is 5.57. The van der Waals surface area contributed by atoms with Gasteiger partial charge >= 0.3 is 0 Å². The molecule has 0 aromatic heterocycles. The Hall–Kier alpha value is -1.55.